The SMILES string of the molecule is COc1ccc([C@H](CC(=O)O)NC(=O)c2cnn(CCc3ccc4c(n3)NCCC4)c2)cn1. The number of carbonyl (C=O) groups is 2. The molecule has 10 heteroatoms. The Kier molecular flexibility index (Phi) is 6.82. The molecule has 0 radical (unpaired) electrons. The maximum Gasteiger partial charge on any atom is 0.305 e. The number of nitrogens with zero attached hydrogens (tertiary/aromatic N) is 4. The molecule has 3 aromatic heterocycles. The van der Waals surface area contributed by atoms with Gasteiger partial charge < -0.3 is 20.5 Å². The number of hydrogen-bond donors (Lipinski definition) is 3. The number of methoxy groups -OCH3 is 1. The van der Waals surface area contributed by atoms with Crippen molar-refractivity contribution in [3.05, 3.63) is 65.2 Å². The maximum absolute atomic E-state index is 12.8. The van der Waals surface area contributed by atoms with E-state index in [0.29, 0.717) is 30.0 Å². The van der Waals surface area contributed by atoms with E-state index in [2.05, 4.69) is 31.8 Å². The fourth-order valence-corrected chi connectivity index (χ4v) is 3.73. The van der Waals surface area contributed by atoms with E-state index in [4.69, 9.17) is 4.74 Å². The highest BCUT2D eigenvalue weighted by Crippen LogP contribution is 2.21. The minimum atomic E-state index is -1.03. The van der Waals surface area contributed by atoms with Crippen LogP contribution in [-0.4, -0.2) is 50.4 Å². The molecular formula is C23H26N6O4. The monoisotopic (exact) mass is 450 g/mol. The van der Waals surface area contributed by atoms with Crippen LogP contribution in [0.15, 0.2) is 42.9 Å². The molecule has 1 aliphatic rings. The number of hydrogen-bond acceptors (Lipinski definition) is 7. The van der Waals surface area contributed by atoms with Crippen LogP contribution in [0.25, 0.3) is 0 Å². The Morgan fingerprint density at radius 1 is 1.27 bits per heavy atom. The Hall–Kier alpha value is -3.95. The summed E-state index contributed by atoms with van der Waals surface area (Å²) in [5.74, 6) is -0.0697. The maximum atomic E-state index is 12.8. The molecule has 3 aromatic rings. The van der Waals surface area contributed by atoms with Crippen molar-refractivity contribution < 1.29 is 19.4 Å². The molecular weight excluding hydrogens is 424 g/mol. The number of amides is 1. The van der Waals surface area contributed by atoms with Crippen LogP contribution in [0.3, 0.4) is 0 Å². The first kappa shape index (κ1) is 22.3. The van der Waals surface area contributed by atoms with E-state index >= 15 is 0 Å². The number of rotatable bonds is 9. The predicted octanol–water partition coefficient (Wildman–Crippen LogP) is 2.23. The highest BCUT2D eigenvalue weighted by atomic mass is 16.5. The summed E-state index contributed by atoms with van der Waals surface area (Å²) in [5, 5.41) is 19.6. The van der Waals surface area contributed by atoms with Crippen molar-refractivity contribution in [2.75, 3.05) is 19.0 Å². The van der Waals surface area contributed by atoms with Crippen LogP contribution >= 0.6 is 0 Å². The number of aromatic nitrogens is 4. The van der Waals surface area contributed by atoms with Crippen LogP contribution in [0.1, 0.15) is 46.1 Å². The second-order valence-corrected chi connectivity index (χ2v) is 7.84. The van der Waals surface area contributed by atoms with E-state index in [-0.39, 0.29) is 6.42 Å². The van der Waals surface area contributed by atoms with Gasteiger partial charge in [0.05, 0.1) is 31.3 Å². The summed E-state index contributed by atoms with van der Waals surface area (Å²) in [7, 11) is 1.49. The van der Waals surface area contributed by atoms with Gasteiger partial charge in [0.15, 0.2) is 0 Å². The zero-order chi connectivity index (χ0) is 23.2. The lowest BCUT2D eigenvalue weighted by Gasteiger charge is -2.17. The average Bonchev–Trinajstić information content (AvgIpc) is 3.31. The predicted molar refractivity (Wildman–Crippen MR) is 120 cm³/mol. The van der Waals surface area contributed by atoms with Gasteiger partial charge in [0.1, 0.15) is 5.82 Å². The Bertz CT molecular complexity index is 1130. The smallest absolute Gasteiger partial charge is 0.305 e. The third-order valence-corrected chi connectivity index (χ3v) is 5.50. The fraction of sp³-hybridized carbons (Fsp3) is 0.348. The molecule has 0 fully saturated rings. The molecule has 0 spiro atoms. The highest BCUT2D eigenvalue weighted by Gasteiger charge is 2.20. The summed E-state index contributed by atoms with van der Waals surface area (Å²) in [6.45, 7) is 1.51. The van der Waals surface area contributed by atoms with Crippen molar-refractivity contribution in [3.8, 4) is 5.88 Å². The summed E-state index contributed by atoms with van der Waals surface area (Å²) in [6, 6.07) is 6.72. The molecule has 0 bridgehead atoms. The zero-order valence-electron chi connectivity index (χ0n) is 18.3. The molecule has 10 nitrogen and oxygen atoms in total. The molecule has 33 heavy (non-hydrogen) atoms. The molecule has 4 heterocycles. The Labute approximate surface area is 191 Å². The standard InChI is InChI=1S/C23H26N6O4/c1-33-20-7-5-16(12-25-20)19(11-21(30)31)28-23(32)17-13-26-29(14-17)10-8-18-6-4-15-3-2-9-24-22(15)27-18/h4-7,12-14,19H,2-3,8-11H2,1H3,(H,24,27)(H,28,32)(H,30,31)/t19-/m0/s1. The number of aliphatic carboxylic acids is 1. The molecule has 1 atom stereocenters. The first-order valence-electron chi connectivity index (χ1n) is 10.8. The quantitative estimate of drug-likeness (QED) is 0.452. The summed E-state index contributed by atoms with van der Waals surface area (Å²) in [4.78, 5) is 32.8. The van der Waals surface area contributed by atoms with Crippen LogP contribution < -0.4 is 15.4 Å². The van der Waals surface area contributed by atoms with E-state index < -0.39 is 17.9 Å². The number of carbonyl (C=O) groups excluding carboxylic acids is 1. The molecule has 0 unspecified atom stereocenters. The van der Waals surface area contributed by atoms with Crippen molar-refractivity contribution in [1.29, 1.82) is 0 Å². The van der Waals surface area contributed by atoms with E-state index in [1.807, 2.05) is 6.07 Å². The number of ether oxygens (including phenoxy) is 1. The van der Waals surface area contributed by atoms with Gasteiger partial charge in [-0.15, -0.1) is 0 Å². The topological polar surface area (TPSA) is 131 Å². The molecule has 0 saturated carbocycles. The summed E-state index contributed by atoms with van der Waals surface area (Å²) < 4.78 is 6.72. The number of carboxylic acids is 1. The molecule has 1 aliphatic heterocycles. The van der Waals surface area contributed by atoms with Gasteiger partial charge in [0.2, 0.25) is 5.88 Å². The molecule has 172 valence electrons. The number of carboxylic acid groups (broad SMARTS) is 1. The van der Waals surface area contributed by atoms with Crippen molar-refractivity contribution in [2.24, 2.45) is 0 Å². The van der Waals surface area contributed by atoms with Crippen molar-refractivity contribution in [2.45, 2.75) is 38.3 Å². The van der Waals surface area contributed by atoms with Crippen LogP contribution in [0.2, 0.25) is 0 Å². The molecule has 4 rings (SSSR count). The zero-order valence-corrected chi connectivity index (χ0v) is 18.3. The first-order chi connectivity index (χ1) is 16.0. The minimum Gasteiger partial charge on any atom is -0.481 e. The van der Waals surface area contributed by atoms with Crippen molar-refractivity contribution >= 4 is 17.7 Å². The van der Waals surface area contributed by atoms with Crippen molar-refractivity contribution in [3.63, 3.8) is 0 Å². The number of anilines is 1. The van der Waals surface area contributed by atoms with Gasteiger partial charge in [0, 0.05) is 43.7 Å². The van der Waals surface area contributed by atoms with E-state index in [1.54, 1.807) is 23.0 Å². The summed E-state index contributed by atoms with van der Waals surface area (Å²) in [5.41, 5.74) is 3.13. The van der Waals surface area contributed by atoms with Crippen LogP contribution in [0, 0.1) is 0 Å². The van der Waals surface area contributed by atoms with Crippen LogP contribution in [0.4, 0.5) is 5.82 Å². The molecule has 1 amide bonds. The minimum absolute atomic E-state index is 0.272. The Balaban J connectivity index is 1.39. The molecule has 0 aliphatic carbocycles. The van der Waals surface area contributed by atoms with Crippen LogP contribution in [-0.2, 0) is 24.2 Å². The third kappa shape index (κ3) is 5.65. The normalized spacial score (nSPS) is 13.5. The molecule has 0 aromatic carbocycles. The lowest BCUT2D eigenvalue weighted by Crippen LogP contribution is -2.30. The van der Waals surface area contributed by atoms with E-state index in [9.17, 15) is 14.7 Å². The number of nitrogens with one attached hydrogen (secondary N) is 2. The molecule has 0 saturated heterocycles. The van der Waals surface area contributed by atoms with Crippen LogP contribution in [0.5, 0.6) is 5.88 Å². The number of aryl methyl sites for hydroxylation is 3. The van der Waals surface area contributed by atoms with Gasteiger partial charge in [-0.3, -0.25) is 14.3 Å². The lowest BCUT2D eigenvalue weighted by atomic mass is 10.1. The van der Waals surface area contributed by atoms with Gasteiger partial charge in [-0.05, 0) is 30.0 Å². The number of pyridine rings is 2. The van der Waals surface area contributed by atoms with E-state index in [1.165, 1.54) is 25.1 Å². The molecule has 3 N–H and O–H groups in total. The van der Waals surface area contributed by atoms with Gasteiger partial charge in [-0.2, -0.15) is 5.10 Å². The fourth-order valence-electron chi connectivity index (χ4n) is 3.73. The van der Waals surface area contributed by atoms with Gasteiger partial charge in [0.25, 0.3) is 5.91 Å². The Morgan fingerprint density at radius 3 is 2.91 bits per heavy atom. The highest BCUT2D eigenvalue weighted by molar-refractivity contribution is 5.94. The average molecular weight is 450 g/mol. The van der Waals surface area contributed by atoms with Gasteiger partial charge in [-0.25, -0.2) is 9.97 Å². The van der Waals surface area contributed by atoms with Gasteiger partial charge in [-0.1, -0.05) is 12.1 Å². The van der Waals surface area contributed by atoms with Gasteiger partial charge >= 0.3 is 5.97 Å². The summed E-state index contributed by atoms with van der Waals surface area (Å²) in [6.07, 6.45) is 7.19. The van der Waals surface area contributed by atoms with E-state index in [0.717, 1.165) is 30.9 Å². The lowest BCUT2D eigenvalue weighted by molar-refractivity contribution is -0.137. The summed E-state index contributed by atoms with van der Waals surface area (Å²) >= 11 is 0. The van der Waals surface area contributed by atoms with Crippen molar-refractivity contribution in [1.82, 2.24) is 25.1 Å². The Morgan fingerprint density at radius 2 is 2.15 bits per heavy atom. The number of fused-ring (bicyclic) bond motifs is 1. The largest absolute Gasteiger partial charge is 0.481 e. The second kappa shape index (κ2) is 10.1. The second-order valence-electron chi connectivity index (χ2n) is 7.84. The first-order valence-corrected chi connectivity index (χ1v) is 10.8. The third-order valence-electron chi connectivity index (χ3n) is 5.50.